The molecule has 1 saturated carbocycles. The quantitative estimate of drug-likeness (QED) is 0.836. The van der Waals surface area contributed by atoms with Crippen LogP contribution in [0.2, 0.25) is 0 Å². The number of hydrogen-bond donors (Lipinski definition) is 2. The van der Waals surface area contributed by atoms with Crippen molar-refractivity contribution in [3.8, 4) is 11.8 Å². The number of ether oxygens (including phenoxy) is 1. The van der Waals surface area contributed by atoms with Gasteiger partial charge in [-0.1, -0.05) is 6.07 Å². The Morgan fingerprint density at radius 1 is 1.15 bits per heavy atom. The molecule has 0 saturated heterocycles. The Bertz CT molecular complexity index is 854. The van der Waals surface area contributed by atoms with Crippen LogP contribution in [-0.4, -0.2) is 18.2 Å². The van der Waals surface area contributed by atoms with Crippen molar-refractivity contribution in [1.82, 2.24) is 5.32 Å². The van der Waals surface area contributed by atoms with Crippen molar-refractivity contribution in [2.45, 2.75) is 31.2 Å². The van der Waals surface area contributed by atoms with Crippen LogP contribution in [0.4, 0.5) is 23.7 Å². The van der Waals surface area contributed by atoms with Crippen molar-refractivity contribution in [3.05, 3.63) is 59.7 Å². The number of halogens is 3. The minimum absolute atomic E-state index is 0.0800. The average molecular weight is 375 g/mol. The van der Waals surface area contributed by atoms with Gasteiger partial charge in [-0.3, -0.25) is 0 Å². The van der Waals surface area contributed by atoms with E-state index in [1.54, 1.807) is 24.3 Å². The number of nitrogens with zero attached hydrogens (tertiary/aromatic N) is 1. The summed E-state index contributed by atoms with van der Waals surface area (Å²) in [6.07, 6.45) is -3.40. The molecule has 2 aromatic carbocycles. The van der Waals surface area contributed by atoms with Gasteiger partial charge in [0.1, 0.15) is 11.9 Å². The topological polar surface area (TPSA) is 74.2 Å². The highest BCUT2D eigenvalue weighted by molar-refractivity contribution is 5.89. The van der Waals surface area contributed by atoms with E-state index in [1.807, 2.05) is 6.07 Å². The van der Waals surface area contributed by atoms with Crippen LogP contribution in [0, 0.1) is 11.3 Å². The fraction of sp³-hybridized carbons (Fsp3) is 0.263. The molecule has 0 unspecified atom stereocenters. The molecule has 8 heteroatoms. The van der Waals surface area contributed by atoms with Crippen LogP contribution in [0.5, 0.6) is 5.75 Å². The predicted molar refractivity (Wildman–Crippen MR) is 92.2 cm³/mol. The van der Waals surface area contributed by atoms with Gasteiger partial charge in [-0.2, -0.15) is 18.4 Å². The first-order valence-electron chi connectivity index (χ1n) is 8.25. The van der Waals surface area contributed by atoms with Gasteiger partial charge in [0.05, 0.1) is 17.2 Å². The van der Waals surface area contributed by atoms with Gasteiger partial charge in [0.15, 0.2) is 0 Å². The molecule has 2 amide bonds. The average Bonchev–Trinajstić information content (AvgIpc) is 2.59. The lowest BCUT2D eigenvalue weighted by molar-refractivity contribution is -0.137. The number of hydrogen-bond acceptors (Lipinski definition) is 3. The van der Waals surface area contributed by atoms with E-state index in [0.717, 1.165) is 12.1 Å². The van der Waals surface area contributed by atoms with Crippen molar-refractivity contribution < 1.29 is 22.7 Å². The first-order valence-corrected chi connectivity index (χ1v) is 8.25. The second-order valence-electron chi connectivity index (χ2n) is 6.22. The number of anilines is 1. The van der Waals surface area contributed by atoms with E-state index < -0.39 is 11.7 Å². The van der Waals surface area contributed by atoms with Crippen LogP contribution in [0.25, 0.3) is 0 Å². The fourth-order valence-electron chi connectivity index (χ4n) is 2.71. The Kier molecular flexibility index (Phi) is 5.21. The van der Waals surface area contributed by atoms with Crippen LogP contribution in [0.3, 0.4) is 0 Å². The molecule has 0 atom stereocenters. The van der Waals surface area contributed by atoms with Crippen LogP contribution in [0.15, 0.2) is 48.5 Å². The van der Waals surface area contributed by atoms with Crippen molar-refractivity contribution >= 4 is 11.7 Å². The number of carbonyl (C=O) groups excluding carboxylic acids is 1. The lowest BCUT2D eigenvalue weighted by atomic mass is 9.89. The van der Waals surface area contributed by atoms with Crippen LogP contribution in [0.1, 0.15) is 24.0 Å². The van der Waals surface area contributed by atoms with E-state index in [-0.39, 0.29) is 18.2 Å². The number of nitriles is 1. The summed E-state index contributed by atoms with van der Waals surface area (Å²) in [7, 11) is 0. The molecule has 2 N–H and O–H groups in total. The van der Waals surface area contributed by atoms with Crippen molar-refractivity contribution in [2.24, 2.45) is 0 Å². The first kappa shape index (κ1) is 18.6. The summed E-state index contributed by atoms with van der Waals surface area (Å²) in [6.45, 7) is 0. The van der Waals surface area contributed by atoms with E-state index in [2.05, 4.69) is 10.6 Å². The molecule has 0 radical (unpaired) electrons. The van der Waals surface area contributed by atoms with Crippen LogP contribution >= 0.6 is 0 Å². The Labute approximate surface area is 153 Å². The smallest absolute Gasteiger partial charge is 0.416 e. The second kappa shape index (κ2) is 7.58. The summed E-state index contributed by atoms with van der Waals surface area (Å²) in [6, 6.07) is 12.6. The van der Waals surface area contributed by atoms with E-state index in [4.69, 9.17) is 10.00 Å². The fourth-order valence-corrected chi connectivity index (χ4v) is 2.71. The maximum Gasteiger partial charge on any atom is 0.416 e. The summed E-state index contributed by atoms with van der Waals surface area (Å²) in [4.78, 5) is 12.0. The summed E-state index contributed by atoms with van der Waals surface area (Å²) < 4.78 is 43.2. The summed E-state index contributed by atoms with van der Waals surface area (Å²) in [5.74, 6) is 0.365. The third-order valence-corrected chi connectivity index (χ3v) is 4.16. The van der Waals surface area contributed by atoms with Crippen molar-refractivity contribution in [1.29, 1.82) is 5.26 Å². The molecular weight excluding hydrogens is 359 g/mol. The van der Waals surface area contributed by atoms with E-state index in [9.17, 15) is 18.0 Å². The second-order valence-corrected chi connectivity index (χ2v) is 6.22. The van der Waals surface area contributed by atoms with Gasteiger partial charge in [0.2, 0.25) is 0 Å². The number of amides is 2. The molecule has 0 heterocycles. The molecular formula is C19H16F3N3O2. The molecule has 27 heavy (non-hydrogen) atoms. The molecule has 5 nitrogen and oxygen atoms in total. The lowest BCUT2D eigenvalue weighted by Crippen LogP contribution is -2.50. The molecule has 1 fully saturated rings. The van der Waals surface area contributed by atoms with Crippen LogP contribution in [-0.2, 0) is 6.18 Å². The van der Waals surface area contributed by atoms with Gasteiger partial charge in [-0.25, -0.2) is 4.79 Å². The number of alkyl halides is 3. The predicted octanol–water partition coefficient (Wildman–Crippen LogP) is 4.31. The monoisotopic (exact) mass is 375 g/mol. The molecule has 1 aliphatic rings. The molecule has 2 aromatic rings. The normalized spacial score (nSPS) is 18.7. The summed E-state index contributed by atoms with van der Waals surface area (Å²) >= 11 is 0. The SMILES string of the molecule is N#Cc1cccc(NC(=O)N[C@H]2C[C@@H](Oc3ccc(C(F)(F)F)cc3)C2)c1. The van der Waals surface area contributed by atoms with Gasteiger partial charge in [-0.15, -0.1) is 0 Å². The van der Waals surface area contributed by atoms with E-state index >= 15 is 0 Å². The maximum atomic E-state index is 12.5. The zero-order chi connectivity index (χ0) is 19.4. The standard InChI is InChI=1S/C19H16F3N3O2/c20-19(21,22)13-4-6-16(7-5-13)27-17-9-15(10-17)25-18(26)24-14-3-1-2-12(8-14)11-23/h1-8,15,17H,9-10H2,(H2,24,25,26)/t15-,17+. The zero-order valence-electron chi connectivity index (χ0n) is 14.1. The van der Waals surface area contributed by atoms with Gasteiger partial charge in [-0.05, 0) is 42.5 Å². The lowest BCUT2D eigenvalue weighted by Gasteiger charge is -2.35. The largest absolute Gasteiger partial charge is 0.490 e. The highest BCUT2D eigenvalue weighted by Gasteiger charge is 2.33. The third-order valence-electron chi connectivity index (χ3n) is 4.16. The molecule has 0 spiro atoms. The van der Waals surface area contributed by atoms with Crippen molar-refractivity contribution in [2.75, 3.05) is 5.32 Å². The van der Waals surface area contributed by atoms with Gasteiger partial charge in [0.25, 0.3) is 0 Å². The number of nitrogens with one attached hydrogen (secondary N) is 2. The highest BCUT2D eigenvalue weighted by Crippen LogP contribution is 2.32. The summed E-state index contributed by atoms with van der Waals surface area (Å²) in [5.41, 5.74) is 0.241. The highest BCUT2D eigenvalue weighted by atomic mass is 19.4. The Balaban J connectivity index is 1.43. The number of benzene rings is 2. The number of rotatable bonds is 4. The number of urea groups is 1. The Morgan fingerprint density at radius 2 is 1.85 bits per heavy atom. The number of carbonyl (C=O) groups is 1. The van der Waals surface area contributed by atoms with Gasteiger partial charge < -0.3 is 15.4 Å². The zero-order valence-corrected chi connectivity index (χ0v) is 14.1. The van der Waals surface area contributed by atoms with Gasteiger partial charge in [0, 0.05) is 24.6 Å². The van der Waals surface area contributed by atoms with Crippen LogP contribution < -0.4 is 15.4 Å². The third kappa shape index (κ3) is 4.91. The molecule has 0 aliphatic heterocycles. The molecule has 0 aromatic heterocycles. The first-order chi connectivity index (χ1) is 12.8. The minimum atomic E-state index is -4.37. The van der Waals surface area contributed by atoms with Gasteiger partial charge >= 0.3 is 12.2 Å². The van der Waals surface area contributed by atoms with Crippen molar-refractivity contribution in [3.63, 3.8) is 0 Å². The Hall–Kier alpha value is -3.21. The molecule has 140 valence electrons. The minimum Gasteiger partial charge on any atom is -0.490 e. The molecule has 0 bridgehead atoms. The van der Waals surface area contributed by atoms with E-state index in [1.165, 1.54) is 12.1 Å². The van der Waals surface area contributed by atoms with E-state index in [0.29, 0.717) is 29.8 Å². The molecule has 3 rings (SSSR count). The Morgan fingerprint density at radius 3 is 2.48 bits per heavy atom. The molecule has 1 aliphatic carbocycles. The maximum absolute atomic E-state index is 12.5. The summed E-state index contributed by atoms with van der Waals surface area (Å²) in [5, 5.41) is 14.3.